The van der Waals surface area contributed by atoms with Crippen LogP contribution >= 0.6 is 15.9 Å². The summed E-state index contributed by atoms with van der Waals surface area (Å²) in [7, 11) is 0. The van der Waals surface area contributed by atoms with E-state index in [9.17, 15) is 18.0 Å². The fourth-order valence-electron chi connectivity index (χ4n) is 1.71. The van der Waals surface area contributed by atoms with Gasteiger partial charge in [0, 0.05) is 21.3 Å². The maximum atomic E-state index is 12.6. The molecule has 2 aromatic carbocycles. The second-order valence-corrected chi connectivity index (χ2v) is 5.00. The molecule has 0 radical (unpaired) electrons. The highest BCUT2D eigenvalue weighted by Gasteiger charge is 2.31. The first-order valence-corrected chi connectivity index (χ1v) is 6.35. The average Bonchev–Trinajstić information content (AvgIpc) is 2.40. The molecule has 20 heavy (non-hydrogen) atoms. The lowest BCUT2D eigenvalue weighted by atomic mass is 10.0. The van der Waals surface area contributed by atoms with Gasteiger partial charge in [0.1, 0.15) is 0 Å². The number of anilines is 1. The molecule has 0 aliphatic carbocycles. The van der Waals surface area contributed by atoms with Crippen LogP contribution in [0.4, 0.5) is 18.9 Å². The van der Waals surface area contributed by atoms with Gasteiger partial charge in [0.15, 0.2) is 5.78 Å². The van der Waals surface area contributed by atoms with Gasteiger partial charge in [-0.3, -0.25) is 4.79 Å². The summed E-state index contributed by atoms with van der Waals surface area (Å²) >= 11 is 3.19. The molecule has 0 fully saturated rings. The molecule has 2 aromatic rings. The third kappa shape index (κ3) is 3.01. The predicted molar refractivity (Wildman–Crippen MR) is 73.4 cm³/mol. The minimum atomic E-state index is -4.48. The van der Waals surface area contributed by atoms with E-state index in [4.69, 9.17) is 5.73 Å². The number of carbonyl (C=O) groups is 1. The Labute approximate surface area is 121 Å². The molecule has 2 rings (SSSR count). The summed E-state index contributed by atoms with van der Waals surface area (Å²) in [5, 5.41) is 0. The van der Waals surface area contributed by atoms with Crippen LogP contribution in [-0.2, 0) is 6.18 Å². The molecular weight excluding hydrogens is 335 g/mol. The highest BCUT2D eigenvalue weighted by atomic mass is 79.9. The van der Waals surface area contributed by atoms with Crippen molar-refractivity contribution in [2.75, 3.05) is 5.73 Å². The number of rotatable bonds is 2. The fraction of sp³-hybridized carbons (Fsp3) is 0.0714. The minimum Gasteiger partial charge on any atom is -0.399 e. The molecular formula is C14H9BrF3NO. The summed E-state index contributed by atoms with van der Waals surface area (Å²) in [5.41, 5.74) is 5.29. The Morgan fingerprint density at radius 3 is 2.45 bits per heavy atom. The first kappa shape index (κ1) is 14.6. The molecule has 0 amide bonds. The van der Waals surface area contributed by atoms with Gasteiger partial charge in [0.05, 0.1) is 5.56 Å². The van der Waals surface area contributed by atoms with Crippen LogP contribution in [0.5, 0.6) is 0 Å². The highest BCUT2D eigenvalue weighted by Crippen LogP contribution is 2.30. The van der Waals surface area contributed by atoms with Crippen molar-refractivity contribution < 1.29 is 18.0 Å². The zero-order valence-corrected chi connectivity index (χ0v) is 11.6. The Balaban J connectivity index is 2.46. The van der Waals surface area contributed by atoms with Gasteiger partial charge >= 0.3 is 6.18 Å². The summed E-state index contributed by atoms with van der Waals surface area (Å²) in [6.45, 7) is 0. The van der Waals surface area contributed by atoms with E-state index in [1.807, 2.05) is 0 Å². The molecule has 0 heterocycles. The van der Waals surface area contributed by atoms with Crippen LogP contribution < -0.4 is 5.73 Å². The molecule has 0 aliphatic rings. The molecule has 0 unspecified atom stereocenters. The molecule has 0 bridgehead atoms. The van der Waals surface area contributed by atoms with E-state index < -0.39 is 17.5 Å². The highest BCUT2D eigenvalue weighted by molar-refractivity contribution is 9.10. The number of halogens is 4. The lowest BCUT2D eigenvalue weighted by molar-refractivity contribution is -0.137. The molecule has 0 saturated carbocycles. The Morgan fingerprint density at radius 1 is 1.10 bits per heavy atom. The lowest BCUT2D eigenvalue weighted by Gasteiger charge is -2.09. The van der Waals surface area contributed by atoms with Crippen molar-refractivity contribution >= 4 is 27.4 Å². The van der Waals surface area contributed by atoms with Gasteiger partial charge in [-0.15, -0.1) is 0 Å². The monoisotopic (exact) mass is 343 g/mol. The maximum absolute atomic E-state index is 12.6. The van der Waals surface area contributed by atoms with E-state index >= 15 is 0 Å². The van der Waals surface area contributed by atoms with Crippen molar-refractivity contribution in [2.45, 2.75) is 6.18 Å². The van der Waals surface area contributed by atoms with E-state index in [1.54, 1.807) is 12.1 Å². The first-order chi connectivity index (χ1) is 9.29. The molecule has 104 valence electrons. The van der Waals surface area contributed by atoms with Crippen LogP contribution in [0.1, 0.15) is 21.5 Å². The molecule has 2 nitrogen and oxygen atoms in total. The normalized spacial score (nSPS) is 11.4. The number of benzene rings is 2. The number of nitrogens with two attached hydrogens (primary N) is 1. The number of alkyl halides is 3. The number of hydrogen-bond acceptors (Lipinski definition) is 2. The van der Waals surface area contributed by atoms with Crippen LogP contribution in [0.3, 0.4) is 0 Å². The quantitative estimate of drug-likeness (QED) is 0.653. The van der Waals surface area contributed by atoms with Crippen LogP contribution in [0.2, 0.25) is 0 Å². The second-order valence-electron chi connectivity index (χ2n) is 4.15. The molecule has 6 heteroatoms. The largest absolute Gasteiger partial charge is 0.416 e. The minimum absolute atomic E-state index is 0.0360. The van der Waals surface area contributed by atoms with Crippen molar-refractivity contribution in [1.29, 1.82) is 0 Å². The van der Waals surface area contributed by atoms with E-state index in [1.165, 1.54) is 18.2 Å². The van der Waals surface area contributed by atoms with Gasteiger partial charge in [-0.25, -0.2) is 0 Å². The second kappa shape index (κ2) is 5.28. The van der Waals surface area contributed by atoms with Crippen LogP contribution in [0, 0.1) is 0 Å². The third-order valence-electron chi connectivity index (χ3n) is 2.69. The fourth-order valence-corrected chi connectivity index (χ4v) is 2.14. The molecule has 0 saturated heterocycles. The molecule has 0 aliphatic heterocycles. The third-order valence-corrected chi connectivity index (χ3v) is 3.38. The lowest BCUT2D eigenvalue weighted by Crippen LogP contribution is -2.08. The summed E-state index contributed by atoms with van der Waals surface area (Å²) in [6.07, 6.45) is -4.48. The van der Waals surface area contributed by atoms with Gasteiger partial charge in [-0.2, -0.15) is 13.2 Å². The molecule has 0 aromatic heterocycles. The Kier molecular flexibility index (Phi) is 3.85. The number of nitrogen functional groups attached to an aromatic ring is 1. The van der Waals surface area contributed by atoms with Crippen molar-refractivity contribution in [3.8, 4) is 0 Å². The predicted octanol–water partition coefficient (Wildman–Crippen LogP) is 4.28. The number of ketones is 1. The van der Waals surface area contributed by atoms with Crippen molar-refractivity contribution in [3.63, 3.8) is 0 Å². The van der Waals surface area contributed by atoms with Crippen LogP contribution in [0.15, 0.2) is 46.9 Å². The maximum Gasteiger partial charge on any atom is 0.416 e. The first-order valence-electron chi connectivity index (χ1n) is 5.56. The summed E-state index contributed by atoms with van der Waals surface area (Å²) in [5.74, 6) is -0.518. The van der Waals surface area contributed by atoms with E-state index in [2.05, 4.69) is 15.9 Å². The SMILES string of the molecule is Nc1ccc(Br)c(C(=O)c2cccc(C(F)(F)F)c2)c1. The summed E-state index contributed by atoms with van der Waals surface area (Å²) < 4.78 is 38.4. The van der Waals surface area contributed by atoms with Gasteiger partial charge < -0.3 is 5.73 Å². The Morgan fingerprint density at radius 2 is 1.80 bits per heavy atom. The summed E-state index contributed by atoms with van der Waals surface area (Å²) in [6, 6.07) is 8.89. The zero-order valence-electron chi connectivity index (χ0n) is 10.0. The van der Waals surface area contributed by atoms with Gasteiger partial charge in [0.2, 0.25) is 0 Å². The van der Waals surface area contributed by atoms with Crippen LogP contribution in [-0.4, -0.2) is 5.78 Å². The standard InChI is InChI=1S/C14H9BrF3NO/c15-12-5-4-10(19)7-11(12)13(20)8-2-1-3-9(6-8)14(16,17)18/h1-7H,19H2. The Bertz CT molecular complexity index is 668. The Hall–Kier alpha value is -1.82. The topological polar surface area (TPSA) is 43.1 Å². The summed E-state index contributed by atoms with van der Waals surface area (Å²) in [4.78, 5) is 12.2. The van der Waals surface area contributed by atoms with Gasteiger partial charge in [0.25, 0.3) is 0 Å². The average molecular weight is 344 g/mol. The van der Waals surface area contributed by atoms with Crippen molar-refractivity contribution in [3.05, 3.63) is 63.6 Å². The number of hydrogen-bond donors (Lipinski definition) is 1. The van der Waals surface area contributed by atoms with Gasteiger partial charge in [-0.1, -0.05) is 28.1 Å². The van der Waals surface area contributed by atoms with E-state index in [0.717, 1.165) is 12.1 Å². The van der Waals surface area contributed by atoms with Crippen LogP contribution in [0.25, 0.3) is 0 Å². The van der Waals surface area contributed by atoms with Gasteiger partial charge in [-0.05, 0) is 30.3 Å². The van der Waals surface area contributed by atoms with E-state index in [0.29, 0.717) is 10.2 Å². The molecule has 0 spiro atoms. The van der Waals surface area contributed by atoms with E-state index in [-0.39, 0.29) is 11.1 Å². The molecule has 0 atom stereocenters. The smallest absolute Gasteiger partial charge is 0.399 e. The van der Waals surface area contributed by atoms with Crippen molar-refractivity contribution in [2.24, 2.45) is 0 Å². The number of carbonyl (C=O) groups excluding carboxylic acids is 1. The zero-order chi connectivity index (χ0) is 14.9. The van der Waals surface area contributed by atoms with Crippen molar-refractivity contribution in [1.82, 2.24) is 0 Å². The molecule has 2 N–H and O–H groups in total.